The maximum absolute atomic E-state index is 2.47. The van der Waals surface area contributed by atoms with Crippen molar-refractivity contribution < 1.29 is 0 Å². The fraction of sp³-hybridized carbons (Fsp3) is 0. The summed E-state index contributed by atoms with van der Waals surface area (Å²) in [6.07, 6.45) is 0. The van der Waals surface area contributed by atoms with Crippen LogP contribution in [0.15, 0.2) is 140 Å². The van der Waals surface area contributed by atoms with Crippen LogP contribution in [0.25, 0.3) is 99.1 Å². The second kappa shape index (κ2) is 9.27. The van der Waals surface area contributed by atoms with E-state index in [9.17, 15) is 0 Å². The molecule has 4 aromatic heterocycles. The lowest BCUT2D eigenvalue weighted by Crippen LogP contribution is -1.93. The Kier molecular flexibility index (Phi) is 5.08. The van der Waals surface area contributed by atoms with Crippen LogP contribution in [0.2, 0.25) is 0 Å². The van der Waals surface area contributed by atoms with Gasteiger partial charge >= 0.3 is 0 Å². The second-order valence-electron chi connectivity index (χ2n) is 12.0. The highest BCUT2D eigenvalue weighted by atomic mass is 32.1. The molecule has 0 aliphatic carbocycles. The van der Waals surface area contributed by atoms with Crippen LogP contribution in [0, 0.1) is 0 Å². The molecular weight excluding hydrogens is 615 g/mol. The van der Waals surface area contributed by atoms with Crippen LogP contribution in [0.5, 0.6) is 0 Å². The van der Waals surface area contributed by atoms with Crippen molar-refractivity contribution in [3.63, 3.8) is 0 Å². The number of nitrogens with zero attached hydrogens (tertiary/aromatic N) is 1. The first-order valence-corrected chi connectivity index (χ1v) is 18.0. The molecule has 0 aliphatic rings. The summed E-state index contributed by atoms with van der Waals surface area (Å²) in [5, 5.41) is 10.7. The van der Waals surface area contributed by atoms with Crippen LogP contribution in [0.1, 0.15) is 0 Å². The first-order valence-electron chi connectivity index (χ1n) is 15.5. The Hall–Kier alpha value is -5.00. The summed E-state index contributed by atoms with van der Waals surface area (Å²) in [4.78, 5) is 0. The maximum Gasteiger partial charge on any atom is 0.0555 e. The lowest BCUT2D eigenvalue weighted by Gasteiger charge is -2.08. The third kappa shape index (κ3) is 3.33. The van der Waals surface area contributed by atoms with Crippen molar-refractivity contribution in [3.8, 4) is 16.8 Å². The summed E-state index contributed by atoms with van der Waals surface area (Å²) in [7, 11) is 0. The molecule has 4 heteroatoms. The van der Waals surface area contributed by atoms with Crippen molar-refractivity contribution in [2.75, 3.05) is 0 Å². The number of para-hydroxylation sites is 1. The Morgan fingerprint density at radius 1 is 0.348 bits per heavy atom. The van der Waals surface area contributed by atoms with E-state index in [1.54, 1.807) is 0 Å². The van der Waals surface area contributed by atoms with Gasteiger partial charge in [0.25, 0.3) is 0 Å². The second-order valence-corrected chi connectivity index (χ2v) is 15.2. The van der Waals surface area contributed by atoms with Crippen LogP contribution in [-0.4, -0.2) is 4.57 Å². The van der Waals surface area contributed by atoms with Crippen LogP contribution in [0.3, 0.4) is 0 Å². The van der Waals surface area contributed by atoms with Gasteiger partial charge in [-0.2, -0.15) is 0 Å². The standard InChI is InChI=1S/C42H23NS3/c1-4-16-34-32(11-1)39-35(21-20-31-26-10-3-6-18-37(26)46-42(31)39)43(34)24-19-22-38-33(23-24)30-15-8-14-29(41(30)45-38)28-13-7-12-27-25-9-2-5-17-36(25)44-40(27)28/h1-23H. The van der Waals surface area contributed by atoms with Gasteiger partial charge in [0, 0.05) is 88.1 Å². The van der Waals surface area contributed by atoms with Crippen LogP contribution < -0.4 is 0 Å². The maximum atomic E-state index is 2.47. The Bertz CT molecular complexity index is 3040. The van der Waals surface area contributed by atoms with Crippen LogP contribution in [-0.2, 0) is 0 Å². The molecule has 0 saturated carbocycles. The van der Waals surface area contributed by atoms with Crippen LogP contribution >= 0.6 is 34.0 Å². The lowest BCUT2D eigenvalue weighted by atomic mass is 10.0. The van der Waals surface area contributed by atoms with Crippen molar-refractivity contribution in [1.82, 2.24) is 4.57 Å². The molecule has 0 atom stereocenters. The molecular formula is C42H23NS3. The highest BCUT2D eigenvalue weighted by molar-refractivity contribution is 7.27. The zero-order valence-electron chi connectivity index (χ0n) is 24.5. The average Bonchev–Trinajstić information content (AvgIpc) is 3.86. The monoisotopic (exact) mass is 637 g/mol. The van der Waals surface area contributed by atoms with Gasteiger partial charge in [0.05, 0.1) is 11.0 Å². The minimum Gasteiger partial charge on any atom is -0.309 e. The average molecular weight is 638 g/mol. The normalized spacial score (nSPS) is 12.3. The molecule has 4 heterocycles. The van der Waals surface area contributed by atoms with Gasteiger partial charge in [-0.3, -0.25) is 0 Å². The van der Waals surface area contributed by atoms with E-state index in [0.717, 1.165) is 0 Å². The molecule has 11 aromatic rings. The van der Waals surface area contributed by atoms with Crippen LogP contribution in [0.4, 0.5) is 0 Å². The lowest BCUT2D eigenvalue weighted by molar-refractivity contribution is 1.19. The number of fused-ring (bicyclic) bond motifs is 13. The topological polar surface area (TPSA) is 4.93 Å². The van der Waals surface area contributed by atoms with Gasteiger partial charge in [0.1, 0.15) is 0 Å². The first-order chi connectivity index (χ1) is 22.8. The van der Waals surface area contributed by atoms with Crippen molar-refractivity contribution in [2.45, 2.75) is 0 Å². The molecule has 11 rings (SSSR count). The highest BCUT2D eigenvalue weighted by Gasteiger charge is 2.19. The van der Waals surface area contributed by atoms with E-state index in [-0.39, 0.29) is 0 Å². The third-order valence-corrected chi connectivity index (χ3v) is 13.3. The predicted octanol–water partition coefficient (Wildman–Crippen LogP) is 13.6. The zero-order valence-corrected chi connectivity index (χ0v) is 26.9. The van der Waals surface area contributed by atoms with E-state index < -0.39 is 0 Å². The van der Waals surface area contributed by atoms with Gasteiger partial charge in [-0.1, -0.05) is 97.1 Å². The molecule has 0 bridgehead atoms. The van der Waals surface area contributed by atoms with E-state index in [0.29, 0.717) is 0 Å². The van der Waals surface area contributed by atoms with Gasteiger partial charge < -0.3 is 4.57 Å². The number of hydrogen-bond acceptors (Lipinski definition) is 3. The molecule has 214 valence electrons. The fourth-order valence-electron chi connectivity index (χ4n) is 7.61. The van der Waals surface area contributed by atoms with E-state index in [1.165, 1.54) is 99.1 Å². The summed E-state index contributed by atoms with van der Waals surface area (Å²) in [6.45, 7) is 0. The molecule has 0 saturated heterocycles. The number of thiophene rings is 3. The number of rotatable bonds is 2. The Balaban J connectivity index is 1.17. The molecule has 0 aliphatic heterocycles. The molecule has 7 aromatic carbocycles. The van der Waals surface area contributed by atoms with Gasteiger partial charge in [0.2, 0.25) is 0 Å². The molecule has 0 spiro atoms. The molecule has 46 heavy (non-hydrogen) atoms. The number of aromatic nitrogens is 1. The highest BCUT2D eigenvalue weighted by Crippen LogP contribution is 2.47. The van der Waals surface area contributed by atoms with Gasteiger partial charge in [-0.05, 0) is 42.5 Å². The Morgan fingerprint density at radius 3 is 1.61 bits per heavy atom. The quantitative estimate of drug-likeness (QED) is 0.178. The number of benzene rings is 7. The summed E-state index contributed by atoms with van der Waals surface area (Å²) in [6, 6.07) is 51.8. The van der Waals surface area contributed by atoms with E-state index in [1.807, 2.05) is 34.0 Å². The molecule has 0 amide bonds. The summed E-state index contributed by atoms with van der Waals surface area (Å²) in [5.41, 5.74) is 6.36. The van der Waals surface area contributed by atoms with Crippen molar-refractivity contribution in [2.24, 2.45) is 0 Å². The molecule has 0 fully saturated rings. The first kappa shape index (κ1) is 25.2. The van der Waals surface area contributed by atoms with Gasteiger partial charge in [0.15, 0.2) is 0 Å². The molecule has 0 N–H and O–H groups in total. The summed E-state index contributed by atoms with van der Waals surface area (Å²) in [5.74, 6) is 0. The molecule has 0 radical (unpaired) electrons. The molecule has 1 nitrogen and oxygen atoms in total. The Labute approximate surface area is 275 Å². The SMILES string of the molecule is c1ccc2c(c1)sc1c(-c3cccc4c3sc3ccc(-n5c6ccccc6c6c7sc8ccccc8c7ccc65)cc34)cccc12. The fourth-order valence-corrected chi connectivity index (χ4v) is 11.3. The third-order valence-electron chi connectivity index (χ3n) is 9.61. The molecule has 0 unspecified atom stereocenters. The minimum absolute atomic E-state index is 1.20. The largest absolute Gasteiger partial charge is 0.309 e. The van der Waals surface area contributed by atoms with Gasteiger partial charge in [-0.15, -0.1) is 34.0 Å². The smallest absolute Gasteiger partial charge is 0.0555 e. The van der Waals surface area contributed by atoms with Crippen molar-refractivity contribution >= 4 is 116 Å². The van der Waals surface area contributed by atoms with Crippen molar-refractivity contribution in [3.05, 3.63) is 140 Å². The van der Waals surface area contributed by atoms with E-state index >= 15 is 0 Å². The predicted molar refractivity (Wildman–Crippen MR) is 205 cm³/mol. The van der Waals surface area contributed by atoms with E-state index in [4.69, 9.17) is 0 Å². The minimum atomic E-state index is 1.20. The van der Waals surface area contributed by atoms with Crippen molar-refractivity contribution in [1.29, 1.82) is 0 Å². The summed E-state index contributed by atoms with van der Waals surface area (Å²) >= 11 is 5.73. The summed E-state index contributed by atoms with van der Waals surface area (Å²) < 4.78 is 10.6. The van der Waals surface area contributed by atoms with E-state index in [2.05, 4.69) is 144 Å². The number of hydrogen-bond donors (Lipinski definition) is 0. The van der Waals surface area contributed by atoms with Gasteiger partial charge in [-0.25, -0.2) is 0 Å². The Morgan fingerprint density at radius 2 is 0.891 bits per heavy atom. The zero-order chi connectivity index (χ0) is 29.9.